The van der Waals surface area contributed by atoms with Crippen molar-refractivity contribution in [1.29, 1.82) is 0 Å². The molecule has 0 aliphatic rings. The lowest BCUT2D eigenvalue weighted by Gasteiger charge is -2.17. The highest BCUT2D eigenvalue weighted by Crippen LogP contribution is 2.12. The fourth-order valence-corrected chi connectivity index (χ4v) is 1.12. The highest BCUT2D eigenvalue weighted by Gasteiger charge is 2.11. The van der Waals surface area contributed by atoms with Crippen molar-refractivity contribution in [3.05, 3.63) is 24.2 Å². The first-order chi connectivity index (χ1) is 6.27. The molecule has 70 valence electrons. The van der Waals surface area contributed by atoms with Crippen LogP contribution in [0.5, 0.6) is 0 Å². The first kappa shape index (κ1) is 9.85. The number of rotatable bonds is 4. The summed E-state index contributed by atoms with van der Waals surface area (Å²) in [5.41, 5.74) is 6.63. The Hall–Kier alpha value is -1.24. The van der Waals surface area contributed by atoms with E-state index in [9.17, 15) is 0 Å². The molecule has 0 amide bonds. The maximum atomic E-state index is 5.59. The molecule has 2 unspecified atom stereocenters. The third kappa shape index (κ3) is 2.62. The van der Waals surface area contributed by atoms with Crippen molar-refractivity contribution in [3.8, 4) is 12.3 Å². The summed E-state index contributed by atoms with van der Waals surface area (Å²) in [6.45, 7) is 2.42. The lowest BCUT2D eigenvalue weighted by atomic mass is 10.1. The topological polar surface area (TPSA) is 51.2 Å². The molecule has 2 atom stereocenters. The van der Waals surface area contributed by atoms with Gasteiger partial charge in [0.2, 0.25) is 0 Å². The van der Waals surface area contributed by atoms with E-state index in [-0.39, 0.29) is 12.1 Å². The summed E-state index contributed by atoms with van der Waals surface area (Å²) in [5.74, 6) is 2.59. The summed E-state index contributed by atoms with van der Waals surface area (Å²) in [5, 5.41) is 3.20. The molecule has 0 aromatic carbocycles. The highest BCUT2D eigenvalue weighted by atomic mass is 16.3. The van der Waals surface area contributed by atoms with E-state index in [0.29, 0.717) is 6.54 Å². The molecule has 0 spiro atoms. The maximum absolute atomic E-state index is 5.59. The van der Waals surface area contributed by atoms with Crippen molar-refractivity contribution in [3.63, 3.8) is 0 Å². The van der Waals surface area contributed by atoms with Crippen LogP contribution in [0.25, 0.3) is 0 Å². The van der Waals surface area contributed by atoms with Crippen molar-refractivity contribution in [2.75, 3.05) is 6.54 Å². The first-order valence-corrected chi connectivity index (χ1v) is 4.22. The van der Waals surface area contributed by atoms with Gasteiger partial charge in [-0.3, -0.25) is 5.32 Å². The first-order valence-electron chi connectivity index (χ1n) is 4.22. The predicted molar refractivity (Wildman–Crippen MR) is 51.9 cm³/mol. The molecule has 0 fully saturated rings. The molecule has 1 rings (SSSR count). The second-order valence-corrected chi connectivity index (χ2v) is 2.90. The van der Waals surface area contributed by atoms with Crippen LogP contribution in [-0.2, 0) is 0 Å². The maximum Gasteiger partial charge on any atom is 0.0950 e. The monoisotopic (exact) mass is 178 g/mol. The second-order valence-electron chi connectivity index (χ2n) is 2.90. The predicted octanol–water partition coefficient (Wildman–Crippen LogP) is 0.891. The van der Waals surface area contributed by atoms with Crippen LogP contribution in [0.15, 0.2) is 23.0 Å². The summed E-state index contributed by atoms with van der Waals surface area (Å²) in [6.07, 6.45) is 8.55. The zero-order chi connectivity index (χ0) is 9.68. The van der Waals surface area contributed by atoms with Crippen molar-refractivity contribution < 1.29 is 4.42 Å². The van der Waals surface area contributed by atoms with E-state index in [1.165, 1.54) is 0 Å². The minimum atomic E-state index is 0.0171. The Labute approximate surface area is 78.3 Å². The number of furan rings is 1. The number of nitrogens with two attached hydrogens (primary N) is 1. The smallest absolute Gasteiger partial charge is 0.0950 e. The van der Waals surface area contributed by atoms with E-state index in [1.807, 2.05) is 13.0 Å². The van der Waals surface area contributed by atoms with Gasteiger partial charge in [0.1, 0.15) is 0 Å². The molecule has 0 bridgehead atoms. The van der Waals surface area contributed by atoms with Gasteiger partial charge in [-0.15, -0.1) is 6.42 Å². The van der Waals surface area contributed by atoms with Gasteiger partial charge >= 0.3 is 0 Å². The van der Waals surface area contributed by atoms with Gasteiger partial charge in [-0.1, -0.05) is 5.92 Å². The van der Waals surface area contributed by atoms with Gasteiger partial charge in [-0.05, 0) is 13.0 Å². The normalized spacial score (nSPS) is 14.8. The van der Waals surface area contributed by atoms with Crippen LogP contribution < -0.4 is 11.1 Å². The molecule has 3 nitrogen and oxygen atoms in total. The number of hydrogen-bond acceptors (Lipinski definition) is 3. The van der Waals surface area contributed by atoms with E-state index in [1.54, 1.807) is 12.5 Å². The summed E-state index contributed by atoms with van der Waals surface area (Å²) in [4.78, 5) is 0. The third-order valence-corrected chi connectivity index (χ3v) is 1.88. The van der Waals surface area contributed by atoms with Gasteiger partial charge in [0.05, 0.1) is 18.6 Å². The molecule has 0 radical (unpaired) electrons. The Morgan fingerprint density at radius 3 is 3.00 bits per heavy atom. The molecule has 3 N–H and O–H groups in total. The minimum absolute atomic E-state index is 0.0171. The van der Waals surface area contributed by atoms with E-state index in [2.05, 4.69) is 11.2 Å². The largest absolute Gasteiger partial charge is 0.472 e. The molecule has 0 saturated carbocycles. The highest BCUT2D eigenvalue weighted by molar-refractivity contribution is 5.13. The quantitative estimate of drug-likeness (QED) is 0.673. The zero-order valence-electron chi connectivity index (χ0n) is 7.66. The Bertz CT molecular complexity index is 274. The molecule has 3 heteroatoms. The third-order valence-electron chi connectivity index (χ3n) is 1.88. The van der Waals surface area contributed by atoms with E-state index in [0.717, 1.165) is 5.56 Å². The fourth-order valence-electron chi connectivity index (χ4n) is 1.12. The minimum Gasteiger partial charge on any atom is -0.472 e. The van der Waals surface area contributed by atoms with Gasteiger partial charge in [0, 0.05) is 18.2 Å². The molecule has 1 heterocycles. The van der Waals surface area contributed by atoms with Gasteiger partial charge in [-0.25, -0.2) is 0 Å². The Balaban J connectivity index is 2.60. The summed E-state index contributed by atoms with van der Waals surface area (Å²) < 4.78 is 4.97. The van der Waals surface area contributed by atoms with E-state index in [4.69, 9.17) is 16.6 Å². The van der Waals surface area contributed by atoms with Gasteiger partial charge in [0.25, 0.3) is 0 Å². The molecule has 13 heavy (non-hydrogen) atoms. The molecule has 1 aromatic heterocycles. The Morgan fingerprint density at radius 2 is 2.54 bits per heavy atom. The van der Waals surface area contributed by atoms with Crippen molar-refractivity contribution in [2.24, 2.45) is 5.73 Å². The SMILES string of the molecule is C#CC(C)NC(CN)c1ccoc1. The van der Waals surface area contributed by atoms with Crippen LogP contribution >= 0.6 is 0 Å². The second kappa shape index (κ2) is 4.70. The van der Waals surface area contributed by atoms with Crippen LogP contribution in [0.2, 0.25) is 0 Å². The molecule has 1 aromatic rings. The molecule has 0 aliphatic heterocycles. The Morgan fingerprint density at radius 1 is 1.77 bits per heavy atom. The van der Waals surface area contributed by atoms with Crippen LogP contribution in [-0.4, -0.2) is 12.6 Å². The molecular formula is C10H14N2O. The van der Waals surface area contributed by atoms with Gasteiger partial charge < -0.3 is 10.2 Å². The van der Waals surface area contributed by atoms with Crippen LogP contribution in [0, 0.1) is 12.3 Å². The molecular weight excluding hydrogens is 164 g/mol. The van der Waals surface area contributed by atoms with Crippen molar-refractivity contribution in [2.45, 2.75) is 19.0 Å². The zero-order valence-corrected chi connectivity index (χ0v) is 7.66. The van der Waals surface area contributed by atoms with E-state index >= 15 is 0 Å². The summed E-state index contributed by atoms with van der Waals surface area (Å²) >= 11 is 0. The fraction of sp³-hybridized carbons (Fsp3) is 0.400. The lowest BCUT2D eigenvalue weighted by Crippen LogP contribution is -2.33. The van der Waals surface area contributed by atoms with Crippen LogP contribution in [0.3, 0.4) is 0 Å². The average Bonchev–Trinajstić information content (AvgIpc) is 2.66. The molecule has 0 aliphatic carbocycles. The van der Waals surface area contributed by atoms with Crippen LogP contribution in [0.4, 0.5) is 0 Å². The van der Waals surface area contributed by atoms with Gasteiger partial charge in [-0.2, -0.15) is 0 Å². The number of nitrogens with one attached hydrogen (secondary N) is 1. The number of terminal acetylenes is 1. The van der Waals surface area contributed by atoms with Crippen molar-refractivity contribution in [1.82, 2.24) is 5.32 Å². The van der Waals surface area contributed by atoms with Gasteiger partial charge in [0.15, 0.2) is 0 Å². The average molecular weight is 178 g/mol. The summed E-state index contributed by atoms with van der Waals surface area (Å²) in [6, 6.07) is 1.97. The standard InChI is InChI=1S/C10H14N2O/c1-3-8(2)12-10(6-11)9-4-5-13-7-9/h1,4-5,7-8,10,12H,6,11H2,2H3. The van der Waals surface area contributed by atoms with Crippen molar-refractivity contribution >= 4 is 0 Å². The van der Waals surface area contributed by atoms with Crippen LogP contribution in [0.1, 0.15) is 18.5 Å². The lowest BCUT2D eigenvalue weighted by molar-refractivity contribution is 0.504. The van der Waals surface area contributed by atoms with E-state index < -0.39 is 0 Å². The Kier molecular flexibility index (Phi) is 3.56. The number of hydrogen-bond donors (Lipinski definition) is 2. The summed E-state index contributed by atoms with van der Waals surface area (Å²) in [7, 11) is 0. The molecule has 0 saturated heterocycles.